The summed E-state index contributed by atoms with van der Waals surface area (Å²) in [7, 11) is 0. The fourth-order valence-corrected chi connectivity index (χ4v) is 1.56. The van der Waals surface area contributed by atoms with Crippen molar-refractivity contribution < 1.29 is 17.9 Å². The van der Waals surface area contributed by atoms with E-state index < -0.39 is 17.8 Å². The molecule has 1 aromatic rings. The molecule has 2 nitrogen and oxygen atoms in total. The van der Waals surface area contributed by atoms with Gasteiger partial charge in [0, 0.05) is 6.61 Å². The lowest BCUT2D eigenvalue weighted by Gasteiger charge is -2.21. The van der Waals surface area contributed by atoms with Crippen LogP contribution in [0, 0.1) is 0 Å². The normalized spacial score (nSPS) is 15.6. The highest BCUT2D eigenvalue weighted by atomic mass is 19.4. The van der Waals surface area contributed by atoms with E-state index in [1.165, 1.54) is 6.07 Å². The van der Waals surface area contributed by atoms with Crippen LogP contribution in [0.25, 0.3) is 0 Å². The van der Waals surface area contributed by atoms with Crippen LogP contribution >= 0.6 is 0 Å². The molecule has 0 saturated heterocycles. The summed E-state index contributed by atoms with van der Waals surface area (Å²) in [6.07, 6.45) is -4.66. The van der Waals surface area contributed by atoms with Crippen molar-refractivity contribution in [1.82, 2.24) is 0 Å². The first-order chi connectivity index (χ1) is 7.86. The molecule has 0 aliphatic carbocycles. The van der Waals surface area contributed by atoms with Gasteiger partial charge in [0.2, 0.25) is 0 Å². The van der Waals surface area contributed by atoms with Gasteiger partial charge in [0.1, 0.15) is 0 Å². The van der Waals surface area contributed by atoms with Crippen molar-refractivity contribution >= 4 is 0 Å². The Balaban J connectivity index is 2.92. The van der Waals surface area contributed by atoms with E-state index in [1.54, 1.807) is 13.0 Å². The number of halogens is 3. The smallest absolute Gasteiger partial charge is 0.377 e. The van der Waals surface area contributed by atoms with Gasteiger partial charge in [-0.1, -0.05) is 12.1 Å². The zero-order chi connectivity index (χ0) is 13.1. The second-order valence-corrected chi connectivity index (χ2v) is 3.81. The first-order valence-electron chi connectivity index (χ1n) is 5.40. The summed E-state index contributed by atoms with van der Waals surface area (Å²) in [4.78, 5) is 0. The molecular formula is C12H16F3NO. The van der Waals surface area contributed by atoms with Crippen LogP contribution in [0.4, 0.5) is 13.2 Å². The average molecular weight is 247 g/mol. The fraction of sp³-hybridized carbons (Fsp3) is 0.500. The highest BCUT2D eigenvalue weighted by Crippen LogP contribution is 2.31. The number of rotatable bonds is 4. The Kier molecular flexibility index (Phi) is 4.54. The van der Waals surface area contributed by atoms with Crippen molar-refractivity contribution in [2.45, 2.75) is 32.2 Å². The number of hydrogen-bond acceptors (Lipinski definition) is 2. The highest BCUT2D eigenvalue weighted by Gasteiger charge is 2.31. The summed E-state index contributed by atoms with van der Waals surface area (Å²) in [6, 6.07) is 4.48. The van der Waals surface area contributed by atoms with E-state index in [-0.39, 0.29) is 6.10 Å². The van der Waals surface area contributed by atoms with Gasteiger partial charge in [-0.05, 0) is 31.5 Å². The molecule has 0 aliphatic rings. The van der Waals surface area contributed by atoms with Crippen LogP contribution in [0.1, 0.15) is 31.0 Å². The predicted molar refractivity (Wildman–Crippen MR) is 59.5 cm³/mol. The third-order valence-electron chi connectivity index (χ3n) is 2.53. The molecule has 2 unspecified atom stereocenters. The first-order valence-corrected chi connectivity index (χ1v) is 5.40. The number of alkyl halides is 3. The van der Waals surface area contributed by atoms with Gasteiger partial charge in [-0.25, -0.2) is 0 Å². The second-order valence-electron chi connectivity index (χ2n) is 3.81. The Morgan fingerprint density at radius 3 is 2.53 bits per heavy atom. The zero-order valence-electron chi connectivity index (χ0n) is 9.79. The third-order valence-corrected chi connectivity index (χ3v) is 2.53. The number of ether oxygens (including phenoxy) is 1. The van der Waals surface area contributed by atoms with Gasteiger partial charge in [0.05, 0.1) is 17.7 Å². The molecule has 2 N–H and O–H groups in total. The summed E-state index contributed by atoms with van der Waals surface area (Å²) in [5.41, 5.74) is 5.59. The largest absolute Gasteiger partial charge is 0.416 e. The molecule has 1 rings (SSSR count). The van der Waals surface area contributed by atoms with Crippen LogP contribution in [0.2, 0.25) is 0 Å². The van der Waals surface area contributed by atoms with Crippen LogP contribution in [0.5, 0.6) is 0 Å². The second kappa shape index (κ2) is 5.51. The fourth-order valence-electron chi connectivity index (χ4n) is 1.56. The van der Waals surface area contributed by atoms with E-state index >= 15 is 0 Å². The van der Waals surface area contributed by atoms with Crippen molar-refractivity contribution in [1.29, 1.82) is 0 Å². The minimum absolute atomic E-state index is 0.316. The average Bonchev–Trinajstić information content (AvgIpc) is 2.27. The summed E-state index contributed by atoms with van der Waals surface area (Å²) >= 11 is 0. The Hall–Kier alpha value is -1.07. The van der Waals surface area contributed by atoms with Crippen LogP contribution in [0.3, 0.4) is 0 Å². The molecule has 0 bridgehead atoms. The molecule has 0 spiro atoms. The summed E-state index contributed by atoms with van der Waals surface area (Å²) in [5, 5.41) is 0. The van der Waals surface area contributed by atoms with E-state index in [0.717, 1.165) is 12.1 Å². The van der Waals surface area contributed by atoms with Gasteiger partial charge >= 0.3 is 6.18 Å². The van der Waals surface area contributed by atoms with Gasteiger partial charge < -0.3 is 10.5 Å². The zero-order valence-corrected chi connectivity index (χ0v) is 9.79. The molecule has 96 valence electrons. The Bertz CT molecular complexity index is 365. The maximum Gasteiger partial charge on any atom is 0.416 e. The molecule has 2 atom stereocenters. The van der Waals surface area contributed by atoms with Crippen LogP contribution in [-0.4, -0.2) is 12.7 Å². The van der Waals surface area contributed by atoms with E-state index in [0.29, 0.717) is 12.2 Å². The maximum atomic E-state index is 12.5. The van der Waals surface area contributed by atoms with E-state index in [9.17, 15) is 13.2 Å². The maximum absolute atomic E-state index is 12.5. The number of benzene rings is 1. The van der Waals surface area contributed by atoms with Crippen molar-refractivity contribution in [3.05, 3.63) is 35.4 Å². The summed E-state index contributed by atoms with van der Waals surface area (Å²) < 4.78 is 42.8. The van der Waals surface area contributed by atoms with Crippen LogP contribution in [0.15, 0.2) is 24.3 Å². The molecule has 0 amide bonds. The number of nitrogens with two attached hydrogens (primary N) is 1. The molecule has 0 radical (unpaired) electrons. The molecule has 0 saturated carbocycles. The summed E-state index contributed by atoms with van der Waals surface area (Å²) in [5.74, 6) is 0. The standard InChI is InChI=1S/C12H16F3NO/c1-3-17-8(2)11(16)9-5-4-6-10(7-9)12(13,14)15/h4-8,11H,3,16H2,1-2H3. The molecule has 17 heavy (non-hydrogen) atoms. The lowest BCUT2D eigenvalue weighted by atomic mass is 10.0. The SMILES string of the molecule is CCOC(C)C(N)c1cccc(C(F)(F)F)c1. The van der Waals surface area contributed by atoms with Crippen molar-refractivity contribution in [2.75, 3.05) is 6.61 Å². The van der Waals surface area contributed by atoms with Crippen molar-refractivity contribution in [3.8, 4) is 0 Å². The summed E-state index contributed by atoms with van der Waals surface area (Å²) in [6.45, 7) is 4.04. The molecule has 0 aromatic heterocycles. The third kappa shape index (κ3) is 3.71. The van der Waals surface area contributed by atoms with Gasteiger partial charge in [-0.2, -0.15) is 13.2 Å². The quantitative estimate of drug-likeness (QED) is 0.887. The molecule has 0 aliphatic heterocycles. The number of hydrogen-bond donors (Lipinski definition) is 1. The Morgan fingerprint density at radius 2 is 2.00 bits per heavy atom. The van der Waals surface area contributed by atoms with Crippen LogP contribution in [-0.2, 0) is 10.9 Å². The first kappa shape index (κ1) is 14.0. The van der Waals surface area contributed by atoms with E-state index in [4.69, 9.17) is 10.5 Å². The molecule has 0 fully saturated rings. The minimum atomic E-state index is -4.34. The topological polar surface area (TPSA) is 35.2 Å². The van der Waals surface area contributed by atoms with Crippen LogP contribution < -0.4 is 5.73 Å². The van der Waals surface area contributed by atoms with Gasteiger partial charge in [0.25, 0.3) is 0 Å². The molecule has 5 heteroatoms. The van der Waals surface area contributed by atoms with Crippen molar-refractivity contribution in [3.63, 3.8) is 0 Å². The van der Waals surface area contributed by atoms with Crippen molar-refractivity contribution in [2.24, 2.45) is 5.73 Å². The van der Waals surface area contributed by atoms with Gasteiger partial charge in [-0.15, -0.1) is 0 Å². The Labute approximate surface area is 98.6 Å². The minimum Gasteiger partial charge on any atom is -0.377 e. The molecule has 1 aromatic carbocycles. The highest BCUT2D eigenvalue weighted by molar-refractivity contribution is 5.28. The van der Waals surface area contributed by atoms with Gasteiger partial charge in [-0.3, -0.25) is 0 Å². The Morgan fingerprint density at radius 1 is 1.35 bits per heavy atom. The van der Waals surface area contributed by atoms with Gasteiger partial charge in [0.15, 0.2) is 0 Å². The predicted octanol–water partition coefficient (Wildman–Crippen LogP) is 3.13. The van der Waals surface area contributed by atoms with E-state index in [2.05, 4.69) is 0 Å². The van der Waals surface area contributed by atoms with E-state index in [1.807, 2.05) is 6.92 Å². The molecular weight excluding hydrogens is 231 g/mol. The lowest BCUT2D eigenvalue weighted by molar-refractivity contribution is -0.137. The monoisotopic (exact) mass is 247 g/mol. The molecule has 0 heterocycles. The lowest BCUT2D eigenvalue weighted by Crippen LogP contribution is -2.26.